The summed E-state index contributed by atoms with van der Waals surface area (Å²) in [4.78, 5) is 23.3. The summed E-state index contributed by atoms with van der Waals surface area (Å²) in [6.07, 6.45) is 3.59. The van der Waals surface area contributed by atoms with E-state index in [0.717, 1.165) is 25.7 Å². The summed E-state index contributed by atoms with van der Waals surface area (Å²) in [5.74, 6) is -0.0539. The number of amides is 2. The molecule has 0 aromatic rings. The first-order valence-corrected chi connectivity index (χ1v) is 4.22. The molecule has 0 spiro atoms. The Labute approximate surface area is 71.9 Å². The number of carbonyl (C=O) groups is 2. The third-order valence-electron chi connectivity index (χ3n) is 2.23. The van der Waals surface area contributed by atoms with Crippen LogP contribution in [0.2, 0.25) is 0 Å². The van der Waals surface area contributed by atoms with Gasteiger partial charge in [0, 0.05) is 13.6 Å². The maximum Gasteiger partial charge on any atom is 0.242 e. The lowest BCUT2D eigenvalue weighted by Gasteiger charge is -2.30. The Balaban J connectivity index is 2.58. The fraction of sp³-hybridized carbons (Fsp3) is 0.750. The number of piperidine rings is 1. The van der Waals surface area contributed by atoms with E-state index in [1.54, 1.807) is 11.9 Å². The molecule has 0 aromatic heterocycles. The van der Waals surface area contributed by atoms with Crippen LogP contribution in [0.3, 0.4) is 0 Å². The number of rotatable bonds is 2. The van der Waals surface area contributed by atoms with Gasteiger partial charge in [0.05, 0.1) is 0 Å². The molecular formula is C8H14N2O2. The molecule has 4 nitrogen and oxygen atoms in total. The fourth-order valence-electron chi connectivity index (χ4n) is 1.53. The Kier molecular flexibility index (Phi) is 3.08. The van der Waals surface area contributed by atoms with Crippen molar-refractivity contribution >= 4 is 12.3 Å². The highest BCUT2D eigenvalue weighted by atomic mass is 16.2. The van der Waals surface area contributed by atoms with E-state index in [0.29, 0.717) is 6.54 Å². The molecule has 0 aliphatic carbocycles. The van der Waals surface area contributed by atoms with Gasteiger partial charge in [-0.15, -0.1) is 0 Å². The molecule has 2 amide bonds. The average Bonchev–Trinajstić information content (AvgIpc) is 2.16. The van der Waals surface area contributed by atoms with Gasteiger partial charge in [-0.05, 0) is 19.3 Å². The zero-order valence-electron chi connectivity index (χ0n) is 7.25. The van der Waals surface area contributed by atoms with Crippen molar-refractivity contribution in [3.63, 3.8) is 0 Å². The topological polar surface area (TPSA) is 49.4 Å². The SMILES string of the molecule is CNC(=O)C1CCCCN1C=O. The van der Waals surface area contributed by atoms with Crippen molar-refractivity contribution in [3.8, 4) is 0 Å². The first-order chi connectivity index (χ1) is 5.79. The largest absolute Gasteiger partial charge is 0.357 e. The maximum absolute atomic E-state index is 11.2. The van der Waals surface area contributed by atoms with Gasteiger partial charge in [0.25, 0.3) is 0 Å². The summed E-state index contributed by atoms with van der Waals surface area (Å²) in [6, 6.07) is -0.235. The first-order valence-electron chi connectivity index (χ1n) is 4.22. The third-order valence-corrected chi connectivity index (χ3v) is 2.23. The molecule has 4 heteroatoms. The van der Waals surface area contributed by atoms with Crippen molar-refractivity contribution in [1.82, 2.24) is 10.2 Å². The van der Waals surface area contributed by atoms with E-state index in [9.17, 15) is 9.59 Å². The normalized spacial score (nSPS) is 23.4. The van der Waals surface area contributed by atoms with Crippen molar-refractivity contribution in [3.05, 3.63) is 0 Å². The van der Waals surface area contributed by atoms with E-state index in [1.165, 1.54) is 0 Å². The summed E-state index contributed by atoms with van der Waals surface area (Å²) < 4.78 is 0. The van der Waals surface area contributed by atoms with E-state index in [-0.39, 0.29) is 11.9 Å². The van der Waals surface area contributed by atoms with Crippen molar-refractivity contribution in [2.24, 2.45) is 0 Å². The molecule has 1 unspecified atom stereocenters. The lowest BCUT2D eigenvalue weighted by molar-refractivity contribution is -0.134. The summed E-state index contributed by atoms with van der Waals surface area (Å²) in [6.45, 7) is 0.710. The molecule has 12 heavy (non-hydrogen) atoms. The average molecular weight is 170 g/mol. The van der Waals surface area contributed by atoms with Gasteiger partial charge in [-0.25, -0.2) is 0 Å². The second-order valence-corrected chi connectivity index (χ2v) is 2.97. The third kappa shape index (κ3) is 1.75. The minimum Gasteiger partial charge on any atom is -0.357 e. The number of nitrogens with one attached hydrogen (secondary N) is 1. The van der Waals surface area contributed by atoms with E-state index >= 15 is 0 Å². The number of likely N-dealkylation sites (N-methyl/N-ethyl adjacent to an activating group) is 1. The molecule has 0 bridgehead atoms. The van der Waals surface area contributed by atoms with Gasteiger partial charge in [0.15, 0.2) is 0 Å². The standard InChI is InChI=1S/C8H14N2O2/c1-9-8(12)7-4-2-3-5-10(7)6-11/h6-7H,2-5H2,1H3,(H,9,12). The van der Waals surface area contributed by atoms with E-state index in [2.05, 4.69) is 5.32 Å². The van der Waals surface area contributed by atoms with Gasteiger partial charge in [-0.2, -0.15) is 0 Å². The van der Waals surface area contributed by atoms with Gasteiger partial charge >= 0.3 is 0 Å². The Hall–Kier alpha value is -1.06. The van der Waals surface area contributed by atoms with Crippen LogP contribution in [0.25, 0.3) is 0 Å². The minimum absolute atomic E-state index is 0.0539. The molecule has 1 aliphatic heterocycles. The highest BCUT2D eigenvalue weighted by Gasteiger charge is 2.26. The predicted octanol–water partition coefficient (Wildman–Crippen LogP) is -0.257. The molecule has 1 fully saturated rings. The van der Waals surface area contributed by atoms with E-state index in [4.69, 9.17) is 0 Å². The molecule has 1 saturated heterocycles. The minimum atomic E-state index is -0.235. The Morgan fingerprint density at radius 1 is 1.58 bits per heavy atom. The lowest BCUT2D eigenvalue weighted by Crippen LogP contribution is -2.47. The fourth-order valence-corrected chi connectivity index (χ4v) is 1.53. The van der Waals surface area contributed by atoms with E-state index < -0.39 is 0 Å². The number of carbonyl (C=O) groups excluding carboxylic acids is 2. The molecule has 1 N–H and O–H groups in total. The van der Waals surface area contributed by atoms with Crippen molar-refractivity contribution < 1.29 is 9.59 Å². The lowest BCUT2D eigenvalue weighted by atomic mass is 10.0. The Morgan fingerprint density at radius 2 is 2.33 bits per heavy atom. The van der Waals surface area contributed by atoms with Gasteiger partial charge in [-0.1, -0.05) is 0 Å². The van der Waals surface area contributed by atoms with Crippen LogP contribution in [0, 0.1) is 0 Å². The van der Waals surface area contributed by atoms with Crippen molar-refractivity contribution in [1.29, 1.82) is 0 Å². The number of likely N-dealkylation sites (tertiary alicyclic amines) is 1. The highest BCUT2D eigenvalue weighted by molar-refractivity contribution is 5.83. The zero-order chi connectivity index (χ0) is 8.97. The predicted molar refractivity (Wildman–Crippen MR) is 44.5 cm³/mol. The van der Waals surface area contributed by atoms with Crippen LogP contribution < -0.4 is 5.32 Å². The Morgan fingerprint density at radius 3 is 2.92 bits per heavy atom. The molecule has 0 aromatic carbocycles. The summed E-state index contributed by atoms with van der Waals surface area (Å²) >= 11 is 0. The van der Waals surface area contributed by atoms with Gasteiger partial charge in [0.1, 0.15) is 6.04 Å². The van der Waals surface area contributed by atoms with Crippen LogP contribution in [0.5, 0.6) is 0 Å². The molecule has 1 atom stereocenters. The molecule has 0 saturated carbocycles. The number of hydrogen-bond donors (Lipinski definition) is 1. The van der Waals surface area contributed by atoms with Crippen LogP contribution in [0.15, 0.2) is 0 Å². The first kappa shape index (κ1) is 9.03. The molecule has 1 aliphatic rings. The van der Waals surface area contributed by atoms with Gasteiger partial charge < -0.3 is 10.2 Å². The quantitative estimate of drug-likeness (QED) is 0.581. The number of nitrogens with zero attached hydrogens (tertiary/aromatic N) is 1. The van der Waals surface area contributed by atoms with Crippen LogP contribution >= 0.6 is 0 Å². The summed E-state index contributed by atoms with van der Waals surface area (Å²) in [7, 11) is 1.60. The van der Waals surface area contributed by atoms with Crippen molar-refractivity contribution in [2.75, 3.05) is 13.6 Å². The molecule has 68 valence electrons. The second kappa shape index (κ2) is 4.09. The molecule has 0 radical (unpaired) electrons. The highest BCUT2D eigenvalue weighted by Crippen LogP contribution is 2.14. The van der Waals surface area contributed by atoms with Gasteiger partial charge in [-0.3, -0.25) is 9.59 Å². The molecular weight excluding hydrogens is 156 g/mol. The molecule has 1 heterocycles. The van der Waals surface area contributed by atoms with Crippen molar-refractivity contribution in [2.45, 2.75) is 25.3 Å². The Bertz CT molecular complexity index is 182. The zero-order valence-corrected chi connectivity index (χ0v) is 7.25. The van der Waals surface area contributed by atoms with Crippen LogP contribution in [-0.2, 0) is 9.59 Å². The second-order valence-electron chi connectivity index (χ2n) is 2.97. The summed E-state index contributed by atoms with van der Waals surface area (Å²) in [5, 5.41) is 2.56. The monoisotopic (exact) mass is 170 g/mol. The number of hydrogen-bond acceptors (Lipinski definition) is 2. The van der Waals surface area contributed by atoms with Crippen LogP contribution in [-0.4, -0.2) is 36.9 Å². The van der Waals surface area contributed by atoms with Crippen LogP contribution in [0.1, 0.15) is 19.3 Å². The maximum atomic E-state index is 11.2. The van der Waals surface area contributed by atoms with Gasteiger partial charge in [0.2, 0.25) is 12.3 Å². The molecule has 1 rings (SSSR count). The smallest absolute Gasteiger partial charge is 0.242 e. The van der Waals surface area contributed by atoms with Crippen LogP contribution in [0.4, 0.5) is 0 Å². The summed E-state index contributed by atoms with van der Waals surface area (Å²) in [5.41, 5.74) is 0. The van der Waals surface area contributed by atoms with E-state index in [1.807, 2.05) is 0 Å².